The van der Waals surface area contributed by atoms with Gasteiger partial charge in [-0.3, -0.25) is 9.20 Å². The van der Waals surface area contributed by atoms with E-state index >= 15 is 0 Å². The van der Waals surface area contributed by atoms with Crippen LogP contribution in [0.2, 0.25) is 5.02 Å². The van der Waals surface area contributed by atoms with Crippen LogP contribution in [0.15, 0.2) is 23.1 Å². The summed E-state index contributed by atoms with van der Waals surface area (Å²) in [6, 6.07) is 3.43. The molecule has 0 radical (unpaired) electrons. The average molecular weight is 257 g/mol. The molecule has 16 heavy (non-hydrogen) atoms. The van der Waals surface area contributed by atoms with Crippen molar-refractivity contribution in [2.75, 3.05) is 5.88 Å². The van der Waals surface area contributed by atoms with E-state index in [9.17, 15) is 4.79 Å². The minimum absolute atomic E-state index is 0.0920. The first kappa shape index (κ1) is 11.4. The molecule has 0 aliphatic rings. The lowest BCUT2D eigenvalue weighted by Gasteiger charge is -2.07. The molecule has 2 rings (SSSR count). The monoisotopic (exact) mass is 256 g/mol. The maximum Gasteiger partial charge on any atom is 0.261 e. The molecule has 0 saturated carbocycles. The molecule has 2 aromatic heterocycles. The second-order valence-corrected chi connectivity index (χ2v) is 4.25. The van der Waals surface area contributed by atoms with Gasteiger partial charge in [-0.25, -0.2) is 4.98 Å². The third-order valence-electron chi connectivity index (χ3n) is 2.45. The van der Waals surface area contributed by atoms with Crippen LogP contribution in [0.25, 0.3) is 5.65 Å². The molecule has 3 nitrogen and oxygen atoms in total. The number of pyridine rings is 1. The van der Waals surface area contributed by atoms with Gasteiger partial charge in [0, 0.05) is 23.3 Å². The fourth-order valence-electron chi connectivity index (χ4n) is 1.65. The highest BCUT2D eigenvalue weighted by molar-refractivity contribution is 6.33. The van der Waals surface area contributed by atoms with Crippen LogP contribution in [-0.4, -0.2) is 15.3 Å². The minimum atomic E-state index is -0.0920. The van der Waals surface area contributed by atoms with E-state index in [4.69, 9.17) is 23.2 Å². The fourth-order valence-corrected chi connectivity index (χ4v) is 2.05. The van der Waals surface area contributed by atoms with Crippen molar-refractivity contribution in [1.29, 1.82) is 0 Å². The lowest BCUT2D eigenvalue weighted by atomic mass is 10.2. The van der Waals surface area contributed by atoms with Gasteiger partial charge in [-0.2, -0.15) is 0 Å². The van der Waals surface area contributed by atoms with E-state index in [1.54, 1.807) is 25.3 Å². The van der Waals surface area contributed by atoms with E-state index < -0.39 is 0 Å². The largest absolute Gasteiger partial charge is 0.269 e. The first-order valence-electron chi connectivity index (χ1n) is 4.87. The Balaban J connectivity index is 2.84. The van der Waals surface area contributed by atoms with E-state index in [-0.39, 0.29) is 5.56 Å². The van der Waals surface area contributed by atoms with Gasteiger partial charge in [0.2, 0.25) is 0 Å². The van der Waals surface area contributed by atoms with Crippen molar-refractivity contribution in [3.8, 4) is 0 Å². The van der Waals surface area contributed by atoms with Gasteiger partial charge in [0.1, 0.15) is 0 Å². The Hall–Kier alpha value is -1.06. The number of rotatable bonds is 2. The van der Waals surface area contributed by atoms with Crippen molar-refractivity contribution in [3.05, 3.63) is 45.0 Å². The first-order valence-corrected chi connectivity index (χ1v) is 5.78. The summed E-state index contributed by atoms with van der Waals surface area (Å²) in [5.74, 6) is 0.407. The minimum Gasteiger partial charge on any atom is -0.269 e. The van der Waals surface area contributed by atoms with E-state index in [1.807, 2.05) is 0 Å². The van der Waals surface area contributed by atoms with Crippen molar-refractivity contribution in [3.63, 3.8) is 0 Å². The summed E-state index contributed by atoms with van der Waals surface area (Å²) in [6.45, 7) is 1.80. The number of halogens is 2. The summed E-state index contributed by atoms with van der Waals surface area (Å²) in [5.41, 5.74) is 1.74. The number of nitrogens with zero attached hydrogens (tertiary/aromatic N) is 2. The molecule has 0 bridgehead atoms. The molecule has 0 spiro atoms. The molecule has 84 valence electrons. The standard InChI is InChI=1S/C11H10Cl2N2O/c1-7-8(4-5-12)11(16)15-6-2-3-9(13)10(15)14-7/h2-3,6H,4-5H2,1H3. The summed E-state index contributed by atoms with van der Waals surface area (Å²) in [4.78, 5) is 16.4. The molecule has 0 unspecified atom stereocenters. The van der Waals surface area contributed by atoms with Crippen LogP contribution in [0, 0.1) is 6.92 Å². The molecule has 0 N–H and O–H groups in total. The molecular formula is C11H10Cl2N2O. The zero-order chi connectivity index (χ0) is 11.7. The predicted molar refractivity (Wildman–Crippen MR) is 65.6 cm³/mol. The third-order valence-corrected chi connectivity index (χ3v) is 2.94. The summed E-state index contributed by atoms with van der Waals surface area (Å²) >= 11 is 11.6. The summed E-state index contributed by atoms with van der Waals surface area (Å²) in [6.07, 6.45) is 2.18. The maximum absolute atomic E-state index is 12.1. The third kappa shape index (κ3) is 1.81. The van der Waals surface area contributed by atoms with Gasteiger partial charge >= 0.3 is 0 Å². The highest BCUT2D eigenvalue weighted by Gasteiger charge is 2.10. The van der Waals surface area contributed by atoms with E-state index in [0.29, 0.717) is 34.2 Å². The highest BCUT2D eigenvalue weighted by Crippen LogP contribution is 2.14. The zero-order valence-electron chi connectivity index (χ0n) is 8.70. The molecule has 0 aliphatic carbocycles. The van der Waals surface area contributed by atoms with Crippen LogP contribution >= 0.6 is 23.2 Å². The zero-order valence-corrected chi connectivity index (χ0v) is 10.2. The van der Waals surface area contributed by atoms with Gasteiger partial charge in [0.05, 0.1) is 5.02 Å². The Morgan fingerprint density at radius 2 is 2.25 bits per heavy atom. The van der Waals surface area contributed by atoms with Crippen molar-refractivity contribution in [2.45, 2.75) is 13.3 Å². The Labute approximate surface area is 103 Å². The predicted octanol–water partition coefficient (Wildman–Crippen LogP) is 2.44. The fraction of sp³-hybridized carbons (Fsp3) is 0.273. The lowest BCUT2D eigenvalue weighted by Crippen LogP contribution is -2.22. The topological polar surface area (TPSA) is 34.4 Å². The van der Waals surface area contributed by atoms with Crippen molar-refractivity contribution >= 4 is 28.8 Å². The summed E-state index contributed by atoms with van der Waals surface area (Å²) < 4.78 is 1.46. The Morgan fingerprint density at radius 3 is 2.94 bits per heavy atom. The first-order chi connectivity index (χ1) is 7.65. The van der Waals surface area contributed by atoms with Crippen LogP contribution < -0.4 is 5.56 Å². The van der Waals surface area contributed by atoms with Crippen LogP contribution in [0.5, 0.6) is 0 Å². The maximum atomic E-state index is 12.1. The van der Waals surface area contributed by atoms with Gasteiger partial charge < -0.3 is 0 Å². The second-order valence-electron chi connectivity index (χ2n) is 3.47. The molecule has 0 atom stereocenters. The second kappa shape index (κ2) is 4.44. The van der Waals surface area contributed by atoms with Crippen molar-refractivity contribution < 1.29 is 0 Å². The normalized spacial score (nSPS) is 10.9. The molecule has 0 fully saturated rings. The van der Waals surface area contributed by atoms with E-state index in [2.05, 4.69) is 4.98 Å². The molecule has 0 saturated heterocycles. The smallest absolute Gasteiger partial charge is 0.261 e. The van der Waals surface area contributed by atoms with Crippen LogP contribution in [0.4, 0.5) is 0 Å². The highest BCUT2D eigenvalue weighted by atomic mass is 35.5. The average Bonchev–Trinajstić information content (AvgIpc) is 2.26. The molecular weight excluding hydrogens is 247 g/mol. The molecule has 5 heteroatoms. The quantitative estimate of drug-likeness (QED) is 0.774. The number of hydrogen-bond donors (Lipinski definition) is 0. The number of aryl methyl sites for hydroxylation is 1. The number of alkyl halides is 1. The molecule has 2 aromatic rings. The van der Waals surface area contributed by atoms with Crippen LogP contribution in [-0.2, 0) is 6.42 Å². The lowest BCUT2D eigenvalue weighted by molar-refractivity contribution is 0.939. The number of hydrogen-bond acceptors (Lipinski definition) is 2. The van der Waals surface area contributed by atoms with Crippen LogP contribution in [0.3, 0.4) is 0 Å². The van der Waals surface area contributed by atoms with Gasteiger partial charge in [-0.15, -0.1) is 11.6 Å². The van der Waals surface area contributed by atoms with E-state index in [1.165, 1.54) is 4.40 Å². The van der Waals surface area contributed by atoms with E-state index in [0.717, 1.165) is 0 Å². The number of fused-ring (bicyclic) bond motifs is 1. The van der Waals surface area contributed by atoms with Crippen molar-refractivity contribution in [2.24, 2.45) is 0 Å². The SMILES string of the molecule is Cc1nc2c(Cl)cccn2c(=O)c1CCCl. The molecule has 2 heterocycles. The van der Waals surface area contributed by atoms with Gasteiger partial charge in [-0.1, -0.05) is 11.6 Å². The Kier molecular flexibility index (Phi) is 3.17. The van der Waals surface area contributed by atoms with Gasteiger partial charge in [0.25, 0.3) is 5.56 Å². The van der Waals surface area contributed by atoms with Gasteiger partial charge in [0.15, 0.2) is 5.65 Å². The Bertz CT molecular complexity index is 592. The van der Waals surface area contributed by atoms with Crippen molar-refractivity contribution in [1.82, 2.24) is 9.38 Å². The van der Waals surface area contributed by atoms with Gasteiger partial charge in [-0.05, 0) is 25.5 Å². The molecule has 0 aliphatic heterocycles. The molecule has 0 aromatic carbocycles. The summed E-state index contributed by atoms with van der Waals surface area (Å²) in [5, 5.41) is 0.472. The summed E-state index contributed by atoms with van der Waals surface area (Å²) in [7, 11) is 0. The van der Waals surface area contributed by atoms with Crippen LogP contribution in [0.1, 0.15) is 11.3 Å². The Morgan fingerprint density at radius 1 is 1.50 bits per heavy atom. The number of aromatic nitrogens is 2. The molecule has 0 amide bonds.